The zero-order valence-corrected chi connectivity index (χ0v) is 12.4. The highest BCUT2D eigenvalue weighted by molar-refractivity contribution is 6.01. The lowest BCUT2D eigenvalue weighted by Gasteiger charge is -2.15. The van der Waals surface area contributed by atoms with Crippen molar-refractivity contribution in [3.63, 3.8) is 0 Å². The van der Waals surface area contributed by atoms with Gasteiger partial charge in [0.15, 0.2) is 0 Å². The average molecular weight is 259 g/mol. The summed E-state index contributed by atoms with van der Waals surface area (Å²) in [6, 6.07) is 9.74. The van der Waals surface area contributed by atoms with Crippen molar-refractivity contribution in [3.05, 3.63) is 42.0 Å². The summed E-state index contributed by atoms with van der Waals surface area (Å²) in [6.07, 6.45) is 7.75. The topological polar surface area (TPSA) is 20.3 Å². The lowest BCUT2D eigenvalue weighted by molar-refractivity contribution is -0.113. The molecule has 1 aromatic carbocycles. The Morgan fingerprint density at radius 2 is 1.84 bits per heavy atom. The molecule has 0 saturated carbocycles. The fourth-order valence-electron chi connectivity index (χ4n) is 1.99. The second-order valence-electron chi connectivity index (χ2n) is 5.03. The number of hydrogen-bond acceptors (Lipinski definition) is 1. The molecule has 0 spiro atoms. The van der Waals surface area contributed by atoms with Crippen LogP contribution in [0.15, 0.2) is 42.0 Å². The smallest absolute Gasteiger partial charge is 0.250 e. The van der Waals surface area contributed by atoms with Gasteiger partial charge in [-0.15, -0.1) is 0 Å². The van der Waals surface area contributed by atoms with Crippen LogP contribution in [0.5, 0.6) is 0 Å². The molecule has 1 rings (SSSR count). The van der Waals surface area contributed by atoms with Crippen molar-refractivity contribution in [1.82, 2.24) is 0 Å². The second kappa shape index (κ2) is 8.52. The first-order chi connectivity index (χ1) is 9.15. The number of anilines is 1. The van der Waals surface area contributed by atoms with E-state index in [1.54, 1.807) is 11.0 Å². The minimum Gasteiger partial charge on any atom is -0.312 e. The third kappa shape index (κ3) is 5.73. The Balaban J connectivity index is 2.48. The molecule has 0 bridgehead atoms. The molecular weight excluding hydrogens is 234 g/mol. The highest BCUT2D eigenvalue weighted by atomic mass is 16.2. The molecule has 0 N–H and O–H groups in total. The van der Waals surface area contributed by atoms with Crippen LogP contribution in [0, 0.1) is 0 Å². The van der Waals surface area contributed by atoms with Crippen LogP contribution in [0.3, 0.4) is 0 Å². The molecule has 0 aliphatic carbocycles. The van der Waals surface area contributed by atoms with Crippen molar-refractivity contribution in [2.75, 3.05) is 11.9 Å². The number of rotatable bonds is 7. The molecule has 1 aromatic rings. The zero-order chi connectivity index (χ0) is 14.1. The molecule has 2 nitrogen and oxygen atoms in total. The number of carbonyl (C=O) groups excluding carboxylic acids is 1. The number of carbonyl (C=O) groups is 1. The highest BCUT2D eigenvalue weighted by Crippen LogP contribution is 2.14. The van der Waals surface area contributed by atoms with E-state index in [4.69, 9.17) is 0 Å². The maximum absolute atomic E-state index is 12.1. The van der Waals surface area contributed by atoms with Crippen molar-refractivity contribution in [2.45, 2.75) is 46.0 Å². The number of nitrogens with zero attached hydrogens (tertiary/aromatic N) is 1. The van der Waals surface area contributed by atoms with Crippen molar-refractivity contribution >= 4 is 11.6 Å². The van der Waals surface area contributed by atoms with Gasteiger partial charge in [0, 0.05) is 18.8 Å². The van der Waals surface area contributed by atoms with E-state index in [1.165, 1.54) is 31.3 Å². The standard InChI is InChI=1S/C17H25NO/c1-4-5-6-8-11-15(2)14-17(19)18(3)16-12-9-7-10-13-16/h7,9-10,12-14H,4-6,8,11H2,1-3H3/b15-14-. The fourth-order valence-corrected chi connectivity index (χ4v) is 1.99. The van der Waals surface area contributed by atoms with Gasteiger partial charge in [-0.25, -0.2) is 0 Å². The Hall–Kier alpha value is -1.57. The minimum absolute atomic E-state index is 0.0548. The molecule has 0 aliphatic heterocycles. The first-order valence-corrected chi connectivity index (χ1v) is 7.15. The van der Waals surface area contributed by atoms with Crippen LogP contribution < -0.4 is 4.90 Å². The molecule has 0 fully saturated rings. The lowest BCUT2D eigenvalue weighted by atomic mass is 10.1. The van der Waals surface area contributed by atoms with Gasteiger partial charge >= 0.3 is 0 Å². The van der Waals surface area contributed by atoms with Gasteiger partial charge < -0.3 is 4.90 Å². The Labute approximate surface area is 117 Å². The van der Waals surface area contributed by atoms with E-state index >= 15 is 0 Å². The Bertz CT molecular complexity index is 409. The van der Waals surface area contributed by atoms with Crippen molar-refractivity contribution in [2.24, 2.45) is 0 Å². The van der Waals surface area contributed by atoms with Gasteiger partial charge in [0.2, 0.25) is 0 Å². The van der Waals surface area contributed by atoms with E-state index in [1.807, 2.05) is 44.3 Å². The van der Waals surface area contributed by atoms with Gasteiger partial charge in [-0.1, -0.05) is 50.0 Å². The van der Waals surface area contributed by atoms with Crippen LogP contribution in [0.2, 0.25) is 0 Å². The quantitative estimate of drug-likeness (QED) is 0.519. The second-order valence-corrected chi connectivity index (χ2v) is 5.03. The molecule has 1 amide bonds. The largest absolute Gasteiger partial charge is 0.312 e. The summed E-state index contributed by atoms with van der Waals surface area (Å²) >= 11 is 0. The minimum atomic E-state index is 0.0548. The summed E-state index contributed by atoms with van der Waals surface area (Å²) in [5, 5.41) is 0. The molecule has 0 unspecified atom stereocenters. The predicted molar refractivity (Wildman–Crippen MR) is 82.4 cm³/mol. The van der Waals surface area contributed by atoms with E-state index in [-0.39, 0.29) is 5.91 Å². The van der Waals surface area contributed by atoms with Crippen LogP contribution >= 0.6 is 0 Å². The van der Waals surface area contributed by atoms with Gasteiger partial charge in [0.25, 0.3) is 5.91 Å². The van der Waals surface area contributed by atoms with Crippen molar-refractivity contribution in [1.29, 1.82) is 0 Å². The maximum atomic E-state index is 12.1. The first kappa shape index (κ1) is 15.5. The lowest BCUT2D eigenvalue weighted by Crippen LogP contribution is -2.24. The number of hydrogen-bond donors (Lipinski definition) is 0. The summed E-state index contributed by atoms with van der Waals surface area (Å²) in [5.41, 5.74) is 2.10. The number of para-hydroxylation sites is 1. The van der Waals surface area contributed by atoms with E-state index in [2.05, 4.69) is 6.92 Å². The average Bonchev–Trinajstić information content (AvgIpc) is 2.43. The van der Waals surface area contributed by atoms with Crippen LogP contribution in [-0.4, -0.2) is 13.0 Å². The SMILES string of the molecule is CCCCCC/C(C)=C\C(=O)N(C)c1ccccc1. The van der Waals surface area contributed by atoms with Gasteiger partial charge in [0.05, 0.1) is 0 Å². The Morgan fingerprint density at radius 1 is 1.16 bits per heavy atom. The molecule has 0 radical (unpaired) electrons. The first-order valence-electron chi connectivity index (χ1n) is 7.15. The summed E-state index contributed by atoms with van der Waals surface area (Å²) in [4.78, 5) is 13.8. The molecule has 0 aromatic heterocycles. The summed E-state index contributed by atoms with van der Waals surface area (Å²) in [6.45, 7) is 4.25. The van der Waals surface area contributed by atoms with Gasteiger partial charge in [-0.3, -0.25) is 4.79 Å². The Morgan fingerprint density at radius 3 is 2.47 bits per heavy atom. The number of likely N-dealkylation sites (N-methyl/N-ethyl adjacent to an activating group) is 1. The van der Waals surface area contributed by atoms with Crippen LogP contribution in [0.1, 0.15) is 46.0 Å². The molecular formula is C17H25NO. The van der Waals surface area contributed by atoms with Crippen LogP contribution in [-0.2, 0) is 4.79 Å². The summed E-state index contributed by atoms with van der Waals surface area (Å²) in [7, 11) is 1.82. The molecule has 0 aliphatic rings. The normalized spacial score (nSPS) is 11.4. The van der Waals surface area contributed by atoms with E-state index in [0.717, 1.165) is 12.1 Å². The van der Waals surface area contributed by atoms with Crippen molar-refractivity contribution in [3.8, 4) is 0 Å². The third-order valence-corrected chi connectivity index (χ3v) is 3.27. The maximum Gasteiger partial charge on any atom is 0.250 e. The van der Waals surface area contributed by atoms with E-state index in [0.29, 0.717) is 0 Å². The fraction of sp³-hybridized carbons (Fsp3) is 0.471. The molecule has 2 heteroatoms. The Kier molecular flexibility index (Phi) is 6.94. The zero-order valence-electron chi connectivity index (χ0n) is 12.4. The summed E-state index contributed by atoms with van der Waals surface area (Å²) < 4.78 is 0. The molecule has 19 heavy (non-hydrogen) atoms. The number of unbranched alkanes of at least 4 members (excludes halogenated alkanes) is 3. The third-order valence-electron chi connectivity index (χ3n) is 3.27. The van der Waals surface area contributed by atoms with Gasteiger partial charge in [-0.05, 0) is 31.9 Å². The van der Waals surface area contributed by atoms with Crippen LogP contribution in [0.25, 0.3) is 0 Å². The summed E-state index contributed by atoms with van der Waals surface area (Å²) in [5.74, 6) is 0.0548. The number of benzene rings is 1. The van der Waals surface area contributed by atoms with Crippen LogP contribution in [0.4, 0.5) is 5.69 Å². The van der Waals surface area contributed by atoms with E-state index in [9.17, 15) is 4.79 Å². The molecule has 0 heterocycles. The molecule has 0 atom stereocenters. The van der Waals surface area contributed by atoms with Crippen molar-refractivity contribution < 1.29 is 4.79 Å². The monoisotopic (exact) mass is 259 g/mol. The predicted octanol–water partition coefficient (Wildman–Crippen LogP) is 4.57. The molecule has 0 saturated heterocycles. The highest BCUT2D eigenvalue weighted by Gasteiger charge is 2.07. The van der Waals surface area contributed by atoms with Gasteiger partial charge in [-0.2, -0.15) is 0 Å². The molecule has 104 valence electrons. The van der Waals surface area contributed by atoms with Gasteiger partial charge in [0.1, 0.15) is 0 Å². The number of allylic oxidation sites excluding steroid dienone is 1. The number of amides is 1. The van der Waals surface area contributed by atoms with E-state index < -0.39 is 0 Å².